The lowest BCUT2D eigenvalue weighted by molar-refractivity contribution is 0.615. The van der Waals surface area contributed by atoms with Gasteiger partial charge in [0.2, 0.25) is 0 Å². The van der Waals surface area contributed by atoms with Gasteiger partial charge in [-0.25, -0.2) is 4.39 Å². The average Bonchev–Trinajstić information content (AvgIpc) is 2.17. The molecule has 0 saturated heterocycles. The van der Waals surface area contributed by atoms with Crippen LogP contribution < -0.4 is 10.4 Å². The maximum Gasteiger partial charge on any atom is 0.123 e. The second kappa shape index (κ2) is 3.95. The molecule has 0 nitrogen and oxygen atoms in total. The predicted molar refractivity (Wildman–Crippen MR) is 57.6 cm³/mol. The van der Waals surface area contributed by atoms with E-state index in [0.717, 1.165) is 11.6 Å². The molecule has 14 heavy (non-hydrogen) atoms. The van der Waals surface area contributed by atoms with Gasteiger partial charge >= 0.3 is 0 Å². The number of rotatable bonds is 2. The number of halogens is 1. The van der Waals surface area contributed by atoms with Crippen molar-refractivity contribution in [1.82, 2.24) is 0 Å². The molecule has 0 radical (unpaired) electrons. The van der Waals surface area contributed by atoms with Crippen LogP contribution >= 0.6 is 0 Å². The van der Waals surface area contributed by atoms with Gasteiger partial charge in [0.05, 0.1) is 0 Å². The molecule has 0 N–H and O–H groups in total. The molecule has 1 heteroatoms. The zero-order chi connectivity index (χ0) is 9.97. The van der Waals surface area contributed by atoms with E-state index in [1.54, 1.807) is 6.07 Å². The minimum Gasteiger partial charge on any atom is -0.207 e. The molecule has 0 spiro atoms. The third-order valence-corrected chi connectivity index (χ3v) is 2.76. The Morgan fingerprint density at radius 1 is 1.36 bits per heavy atom. The van der Waals surface area contributed by atoms with Crippen molar-refractivity contribution in [2.45, 2.75) is 26.2 Å². The first-order valence-electron chi connectivity index (χ1n) is 5.27. The average molecular weight is 190 g/mol. The quantitative estimate of drug-likeness (QED) is 0.670. The van der Waals surface area contributed by atoms with Crippen LogP contribution in [0.15, 0.2) is 18.2 Å². The largest absolute Gasteiger partial charge is 0.207 e. The van der Waals surface area contributed by atoms with Crippen LogP contribution in [0.5, 0.6) is 0 Å². The summed E-state index contributed by atoms with van der Waals surface area (Å²) in [5.41, 5.74) is 0. The van der Waals surface area contributed by atoms with Gasteiger partial charge in [-0.2, -0.15) is 0 Å². The summed E-state index contributed by atoms with van der Waals surface area (Å²) in [4.78, 5) is 0. The summed E-state index contributed by atoms with van der Waals surface area (Å²) in [6.07, 6.45) is 7.93. The van der Waals surface area contributed by atoms with Gasteiger partial charge < -0.3 is 0 Å². The summed E-state index contributed by atoms with van der Waals surface area (Å²) in [5.74, 6) is 0.472. The molecule has 74 valence electrons. The molecule has 1 aromatic rings. The van der Waals surface area contributed by atoms with E-state index in [1.165, 1.54) is 24.1 Å². The number of fused-ring (bicyclic) bond motifs is 1. The van der Waals surface area contributed by atoms with Crippen molar-refractivity contribution in [1.29, 1.82) is 0 Å². The Morgan fingerprint density at radius 2 is 2.21 bits per heavy atom. The van der Waals surface area contributed by atoms with Gasteiger partial charge in [0.1, 0.15) is 5.82 Å². The maximum atomic E-state index is 13.0. The predicted octanol–water partition coefficient (Wildman–Crippen LogP) is 2.21. The van der Waals surface area contributed by atoms with Gasteiger partial charge in [-0.3, -0.25) is 0 Å². The minimum atomic E-state index is -0.134. The molecule has 2 rings (SSSR count). The first-order valence-corrected chi connectivity index (χ1v) is 5.27. The standard InChI is InChI=1S/C13H15F/c1-2-3-10-4-5-11-6-7-13(14)9-12(11)8-10/h5-10H,2-4H2,1H3. The molecule has 1 atom stereocenters. The molecule has 1 aliphatic carbocycles. The molecule has 0 amide bonds. The van der Waals surface area contributed by atoms with E-state index >= 15 is 0 Å². The molecule has 0 fully saturated rings. The van der Waals surface area contributed by atoms with E-state index < -0.39 is 0 Å². The van der Waals surface area contributed by atoms with E-state index in [0.29, 0.717) is 5.92 Å². The summed E-state index contributed by atoms with van der Waals surface area (Å²) in [5, 5.41) is 2.24. The Balaban J connectivity index is 2.42. The van der Waals surface area contributed by atoms with Crippen LogP contribution in [0, 0.1) is 11.7 Å². The lowest BCUT2D eigenvalue weighted by Crippen LogP contribution is -2.29. The van der Waals surface area contributed by atoms with E-state index in [2.05, 4.69) is 19.1 Å². The second-order valence-electron chi connectivity index (χ2n) is 3.93. The van der Waals surface area contributed by atoms with E-state index in [1.807, 2.05) is 6.07 Å². The normalized spacial score (nSPS) is 19.4. The number of benzene rings is 1. The highest BCUT2D eigenvalue weighted by molar-refractivity contribution is 5.40. The molecule has 1 aromatic carbocycles. The highest BCUT2D eigenvalue weighted by atomic mass is 19.1. The first kappa shape index (κ1) is 9.45. The van der Waals surface area contributed by atoms with Gasteiger partial charge in [-0.1, -0.05) is 31.6 Å². The van der Waals surface area contributed by atoms with Crippen molar-refractivity contribution in [2.75, 3.05) is 0 Å². The molecule has 0 aromatic heterocycles. The second-order valence-corrected chi connectivity index (χ2v) is 3.93. The van der Waals surface area contributed by atoms with Gasteiger partial charge in [0.25, 0.3) is 0 Å². The summed E-state index contributed by atoms with van der Waals surface area (Å²) in [7, 11) is 0. The molecule has 1 aliphatic rings. The smallest absolute Gasteiger partial charge is 0.123 e. The summed E-state index contributed by atoms with van der Waals surface area (Å²) >= 11 is 0. The highest BCUT2D eigenvalue weighted by Crippen LogP contribution is 2.14. The van der Waals surface area contributed by atoms with Crippen LogP contribution in [-0.2, 0) is 0 Å². The van der Waals surface area contributed by atoms with Gasteiger partial charge in [-0.05, 0) is 41.3 Å². The fourth-order valence-electron chi connectivity index (χ4n) is 2.05. The third-order valence-electron chi connectivity index (χ3n) is 2.76. The maximum absolute atomic E-state index is 13.0. The molecule has 0 heterocycles. The van der Waals surface area contributed by atoms with E-state index in [9.17, 15) is 4.39 Å². The third kappa shape index (κ3) is 1.87. The van der Waals surface area contributed by atoms with Crippen LogP contribution in [0.25, 0.3) is 12.2 Å². The van der Waals surface area contributed by atoms with Crippen LogP contribution in [-0.4, -0.2) is 0 Å². The minimum absolute atomic E-state index is 0.134. The number of hydrogen-bond acceptors (Lipinski definition) is 0. The molecular weight excluding hydrogens is 175 g/mol. The Morgan fingerprint density at radius 3 is 3.00 bits per heavy atom. The summed E-state index contributed by atoms with van der Waals surface area (Å²) in [6, 6.07) is 5.03. The molecule has 0 saturated carbocycles. The van der Waals surface area contributed by atoms with E-state index in [-0.39, 0.29) is 5.82 Å². The molecular formula is C13H15F. The highest BCUT2D eigenvalue weighted by Gasteiger charge is 2.06. The van der Waals surface area contributed by atoms with Crippen LogP contribution in [0.2, 0.25) is 0 Å². The van der Waals surface area contributed by atoms with Crippen molar-refractivity contribution in [3.63, 3.8) is 0 Å². The Kier molecular flexibility index (Phi) is 2.67. The van der Waals surface area contributed by atoms with E-state index in [4.69, 9.17) is 0 Å². The zero-order valence-corrected chi connectivity index (χ0v) is 8.46. The van der Waals surface area contributed by atoms with Gasteiger partial charge in [-0.15, -0.1) is 0 Å². The van der Waals surface area contributed by atoms with Gasteiger partial charge in [0, 0.05) is 0 Å². The fourth-order valence-corrected chi connectivity index (χ4v) is 2.05. The molecule has 0 bridgehead atoms. The Labute approximate surface area is 83.8 Å². The van der Waals surface area contributed by atoms with Crippen LogP contribution in [0.4, 0.5) is 4.39 Å². The lowest BCUT2D eigenvalue weighted by atomic mass is 9.93. The Hall–Kier alpha value is -1.11. The van der Waals surface area contributed by atoms with Crippen molar-refractivity contribution in [2.24, 2.45) is 5.92 Å². The van der Waals surface area contributed by atoms with Crippen molar-refractivity contribution >= 4 is 12.2 Å². The Bertz CT molecular complexity index is 431. The molecule has 0 aliphatic heterocycles. The fraction of sp³-hybridized carbons (Fsp3) is 0.385. The monoisotopic (exact) mass is 190 g/mol. The summed E-state index contributed by atoms with van der Waals surface area (Å²) < 4.78 is 13.0. The van der Waals surface area contributed by atoms with Crippen LogP contribution in [0.1, 0.15) is 26.2 Å². The SMILES string of the molecule is CCCC1C=c2cc(F)ccc2=CC1. The van der Waals surface area contributed by atoms with Crippen molar-refractivity contribution < 1.29 is 4.39 Å². The lowest BCUT2D eigenvalue weighted by Gasteiger charge is -2.12. The van der Waals surface area contributed by atoms with Gasteiger partial charge in [0.15, 0.2) is 0 Å². The van der Waals surface area contributed by atoms with Crippen molar-refractivity contribution in [3.8, 4) is 0 Å². The molecule has 1 unspecified atom stereocenters. The zero-order valence-electron chi connectivity index (χ0n) is 8.46. The first-order chi connectivity index (χ1) is 6.79. The topological polar surface area (TPSA) is 0 Å². The summed E-state index contributed by atoms with van der Waals surface area (Å²) in [6.45, 7) is 2.19. The van der Waals surface area contributed by atoms with Crippen molar-refractivity contribution in [3.05, 3.63) is 34.5 Å². The number of hydrogen-bond donors (Lipinski definition) is 0. The van der Waals surface area contributed by atoms with Crippen LogP contribution in [0.3, 0.4) is 0 Å².